The summed E-state index contributed by atoms with van der Waals surface area (Å²) in [4.78, 5) is 21.5. The lowest BCUT2D eigenvalue weighted by molar-refractivity contribution is 0.0766. The fourth-order valence-corrected chi connectivity index (χ4v) is 3.87. The number of aromatic nitrogens is 2. The highest BCUT2D eigenvalue weighted by atomic mass is 32.2. The molecule has 1 aromatic heterocycles. The van der Waals surface area contributed by atoms with E-state index in [9.17, 15) is 13.2 Å². The van der Waals surface area contributed by atoms with Crippen LogP contribution in [0.3, 0.4) is 0 Å². The van der Waals surface area contributed by atoms with Crippen molar-refractivity contribution in [2.24, 2.45) is 0 Å². The van der Waals surface area contributed by atoms with Crippen molar-refractivity contribution in [3.63, 3.8) is 0 Å². The molecule has 9 heteroatoms. The standard InChI is InChI=1S/C17H23N5O3S/c1-13-16(20-12-19-13)11-21-26(24,25)15-5-2-4-14(10-15)17(23)22-8-3-6-18-7-9-22/h2,4-5,10,12,18,21H,3,6-9,11H2,1H3,(H,19,20). The van der Waals surface area contributed by atoms with Crippen LogP contribution in [-0.2, 0) is 16.6 Å². The summed E-state index contributed by atoms with van der Waals surface area (Å²) in [6.45, 7) is 4.83. The third kappa shape index (κ3) is 4.29. The molecule has 3 N–H and O–H groups in total. The predicted octanol–water partition coefficient (Wildman–Crippen LogP) is 0.632. The Hall–Kier alpha value is -2.23. The van der Waals surface area contributed by atoms with Crippen molar-refractivity contribution in [1.82, 2.24) is 24.9 Å². The average Bonchev–Trinajstić information content (AvgIpc) is 2.88. The SMILES string of the molecule is Cc1[nH]cnc1CNS(=O)(=O)c1cccc(C(=O)N2CCCNCC2)c1. The molecule has 26 heavy (non-hydrogen) atoms. The Morgan fingerprint density at radius 3 is 2.92 bits per heavy atom. The number of benzene rings is 1. The van der Waals surface area contributed by atoms with Gasteiger partial charge in [0.05, 0.1) is 23.5 Å². The van der Waals surface area contributed by atoms with E-state index >= 15 is 0 Å². The van der Waals surface area contributed by atoms with Crippen LogP contribution < -0.4 is 10.0 Å². The summed E-state index contributed by atoms with van der Waals surface area (Å²) in [7, 11) is -3.73. The lowest BCUT2D eigenvalue weighted by atomic mass is 10.2. The molecular weight excluding hydrogens is 354 g/mol. The lowest BCUT2D eigenvalue weighted by Gasteiger charge is -2.20. The number of aromatic amines is 1. The van der Waals surface area contributed by atoms with E-state index in [0.717, 1.165) is 25.2 Å². The molecule has 1 amide bonds. The van der Waals surface area contributed by atoms with E-state index in [2.05, 4.69) is 20.0 Å². The van der Waals surface area contributed by atoms with E-state index in [0.29, 0.717) is 24.3 Å². The van der Waals surface area contributed by atoms with Crippen molar-refractivity contribution >= 4 is 15.9 Å². The Morgan fingerprint density at radius 1 is 1.31 bits per heavy atom. The molecule has 1 saturated heterocycles. The van der Waals surface area contributed by atoms with Gasteiger partial charge in [-0.3, -0.25) is 4.79 Å². The quantitative estimate of drug-likeness (QED) is 0.709. The summed E-state index contributed by atoms with van der Waals surface area (Å²) in [6.07, 6.45) is 2.41. The van der Waals surface area contributed by atoms with Crippen LogP contribution in [0.5, 0.6) is 0 Å². The highest BCUT2D eigenvalue weighted by Gasteiger charge is 2.20. The van der Waals surface area contributed by atoms with Gasteiger partial charge in [0, 0.05) is 30.9 Å². The molecule has 8 nitrogen and oxygen atoms in total. The second-order valence-electron chi connectivity index (χ2n) is 6.22. The molecule has 0 bridgehead atoms. The first-order chi connectivity index (χ1) is 12.5. The Morgan fingerprint density at radius 2 is 2.15 bits per heavy atom. The third-order valence-corrected chi connectivity index (χ3v) is 5.78. The number of hydrogen-bond donors (Lipinski definition) is 3. The molecule has 140 valence electrons. The predicted molar refractivity (Wildman–Crippen MR) is 97.2 cm³/mol. The highest BCUT2D eigenvalue weighted by Crippen LogP contribution is 2.15. The molecule has 1 aliphatic heterocycles. The number of nitrogens with one attached hydrogen (secondary N) is 3. The summed E-state index contributed by atoms with van der Waals surface area (Å²) in [5.74, 6) is -0.145. The normalized spacial score (nSPS) is 15.7. The van der Waals surface area contributed by atoms with Gasteiger partial charge in [0.1, 0.15) is 0 Å². The number of H-pyrrole nitrogens is 1. The fourth-order valence-electron chi connectivity index (χ4n) is 2.84. The summed E-state index contributed by atoms with van der Waals surface area (Å²) in [5, 5.41) is 3.25. The molecule has 1 aliphatic rings. The zero-order valence-electron chi connectivity index (χ0n) is 14.7. The van der Waals surface area contributed by atoms with Gasteiger partial charge in [-0.1, -0.05) is 6.07 Å². The van der Waals surface area contributed by atoms with E-state index in [1.807, 2.05) is 6.92 Å². The van der Waals surface area contributed by atoms with Crippen molar-refractivity contribution in [2.45, 2.75) is 24.8 Å². The molecule has 0 aliphatic carbocycles. The number of carbonyl (C=O) groups is 1. The molecule has 0 unspecified atom stereocenters. The third-order valence-electron chi connectivity index (χ3n) is 4.38. The molecule has 1 aromatic carbocycles. The minimum atomic E-state index is -3.73. The van der Waals surface area contributed by atoms with E-state index < -0.39 is 10.0 Å². The second kappa shape index (κ2) is 7.98. The summed E-state index contributed by atoms with van der Waals surface area (Å²) < 4.78 is 27.7. The number of imidazole rings is 1. The average molecular weight is 377 g/mol. The van der Waals surface area contributed by atoms with E-state index in [1.165, 1.54) is 18.5 Å². The maximum atomic E-state index is 12.7. The maximum absolute atomic E-state index is 12.7. The number of aryl methyl sites for hydroxylation is 1. The molecule has 1 fully saturated rings. The zero-order valence-corrected chi connectivity index (χ0v) is 15.5. The lowest BCUT2D eigenvalue weighted by Crippen LogP contribution is -2.34. The smallest absolute Gasteiger partial charge is 0.253 e. The van der Waals surface area contributed by atoms with E-state index in [-0.39, 0.29) is 17.3 Å². The Labute approximate surface area is 153 Å². The fraction of sp³-hybridized carbons (Fsp3) is 0.412. The second-order valence-corrected chi connectivity index (χ2v) is 7.99. The molecule has 2 aromatic rings. The number of amides is 1. The molecule has 0 saturated carbocycles. The highest BCUT2D eigenvalue weighted by molar-refractivity contribution is 7.89. The van der Waals surface area contributed by atoms with Crippen LogP contribution in [0.15, 0.2) is 35.5 Å². The van der Waals surface area contributed by atoms with Crippen LogP contribution in [0.4, 0.5) is 0 Å². The Balaban J connectivity index is 1.75. The number of sulfonamides is 1. The number of nitrogens with zero attached hydrogens (tertiary/aromatic N) is 2. The number of hydrogen-bond acceptors (Lipinski definition) is 5. The molecule has 0 radical (unpaired) electrons. The summed E-state index contributed by atoms with van der Waals surface area (Å²) in [6, 6.07) is 6.16. The largest absolute Gasteiger partial charge is 0.348 e. The van der Waals surface area contributed by atoms with Gasteiger partial charge >= 0.3 is 0 Å². The van der Waals surface area contributed by atoms with Crippen molar-refractivity contribution in [1.29, 1.82) is 0 Å². The topological polar surface area (TPSA) is 107 Å². The van der Waals surface area contributed by atoms with Crippen LogP contribution in [0, 0.1) is 6.92 Å². The van der Waals surface area contributed by atoms with Crippen molar-refractivity contribution in [3.8, 4) is 0 Å². The molecule has 0 atom stereocenters. The van der Waals surface area contributed by atoms with Gasteiger partial charge in [0.15, 0.2) is 0 Å². The van der Waals surface area contributed by atoms with Crippen LogP contribution in [0.25, 0.3) is 0 Å². The van der Waals surface area contributed by atoms with Crippen LogP contribution >= 0.6 is 0 Å². The van der Waals surface area contributed by atoms with Crippen molar-refractivity contribution in [2.75, 3.05) is 26.2 Å². The van der Waals surface area contributed by atoms with Gasteiger partial charge in [-0.15, -0.1) is 0 Å². The molecule has 0 spiro atoms. The minimum absolute atomic E-state index is 0.0736. The van der Waals surface area contributed by atoms with Crippen LogP contribution in [0.2, 0.25) is 0 Å². The summed E-state index contributed by atoms with van der Waals surface area (Å²) >= 11 is 0. The van der Waals surface area contributed by atoms with Crippen LogP contribution in [0.1, 0.15) is 28.2 Å². The van der Waals surface area contributed by atoms with Gasteiger partial charge < -0.3 is 15.2 Å². The maximum Gasteiger partial charge on any atom is 0.253 e. The van der Waals surface area contributed by atoms with Crippen molar-refractivity contribution < 1.29 is 13.2 Å². The first-order valence-corrected chi connectivity index (χ1v) is 10.0. The van der Waals surface area contributed by atoms with Crippen LogP contribution in [-0.4, -0.2) is 55.4 Å². The Kier molecular flexibility index (Phi) is 5.70. The number of rotatable bonds is 5. The zero-order chi connectivity index (χ0) is 18.6. The number of carbonyl (C=O) groups excluding carboxylic acids is 1. The first-order valence-electron chi connectivity index (χ1n) is 8.56. The van der Waals surface area contributed by atoms with E-state index in [1.54, 1.807) is 17.0 Å². The molecular formula is C17H23N5O3S. The monoisotopic (exact) mass is 377 g/mol. The Bertz CT molecular complexity index is 870. The van der Waals surface area contributed by atoms with Gasteiger partial charge in [-0.2, -0.15) is 0 Å². The summed E-state index contributed by atoms with van der Waals surface area (Å²) in [5.41, 5.74) is 1.83. The van der Waals surface area contributed by atoms with E-state index in [4.69, 9.17) is 0 Å². The minimum Gasteiger partial charge on any atom is -0.348 e. The molecule has 3 rings (SSSR count). The van der Waals surface area contributed by atoms with Crippen molar-refractivity contribution in [3.05, 3.63) is 47.5 Å². The van der Waals surface area contributed by atoms with Gasteiger partial charge in [0.2, 0.25) is 10.0 Å². The van der Waals surface area contributed by atoms with Gasteiger partial charge in [0.25, 0.3) is 5.91 Å². The van der Waals surface area contributed by atoms with Gasteiger partial charge in [-0.25, -0.2) is 18.1 Å². The first kappa shape index (κ1) is 18.6. The van der Waals surface area contributed by atoms with Gasteiger partial charge in [-0.05, 0) is 38.1 Å². The molecule has 2 heterocycles.